The number of methoxy groups -OCH3 is 2. The van der Waals surface area contributed by atoms with Gasteiger partial charge in [0.25, 0.3) is 9.05 Å². The van der Waals surface area contributed by atoms with E-state index < -0.39 is 15.1 Å². The fraction of sp³-hybridized carbons (Fsp3) is 0.300. The molecule has 0 aliphatic carbocycles. The summed E-state index contributed by atoms with van der Waals surface area (Å²) in [6.45, 7) is 0.121. The van der Waals surface area contributed by atoms with E-state index in [9.17, 15) is 13.2 Å². The second kappa shape index (κ2) is 5.92. The van der Waals surface area contributed by atoms with Gasteiger partial charge in [0.1, 0.15) is 10.6 Å². The molecule has 0 radical (unpaired) electrons. The summed E-state index contributed by atoms with van der Waals surface area (Å²) in [5.74, 6) is 0.145. The van der Waals surface area contributed by atoms with Gasteiger partial charge in [-0.3, -0.25) is 0 Å². The van der Waals surface area contributed by atoms with Crippen molar-refractivity contribution in [2.45, 2.75) is 11.4 Å². The lowest BCUT2D eigenvalue weighted by atomic mass is 10.2. The van der Waals surface area contributed by atoms with Crippen LogP contribution in [0.5, 0.6) is 5.75 Å². The third kappa shape index (κ3) is 3.78. The minimum absolute atomic E-state index is 0.121. The Morgan fingerprint density at radius 1 is 1.39 bits per heavy atom. The molecule has 0 aliphatic heterocycles. The summed E-state index contributed by atoms with van der Waals surface area (Å²) in [6, 6.07) is 4.40. The zero-order chi connectivity index (χ0) is 13.8. The summed E-state index contributed by atoms with van der Waals surface area (Å²) in [5, 5.41) is 2.42. The van der Waals surface area contributed by atoms with Gasteiger partial charge in [-0.1, -0.05) is 6.07 Å². The van der Waals surface area contributed by atoms with E-state index >= 15 is 0 Å². The van der Waals surface area contributed by atoms with Crippen molar-refractivity contribution in [3.05, 3.63) is 23.8 Å². The maximum atomic E-state index is 11.3. The predicted octanol–water partition coefficient (Wildman–Crippen LogP) is 1.48. The second-order valence-corrected chi connectivity index (χ2v) is 5.80. The van der Waals surface area contributed by atoms with Gasteiger partial charge in [-0.05, 0) is 17.7 Å². The fourth-order valence-corrected chi connectivity index (χ4v) is 2.31. The number of carbonyl (C=O) groups is 1. The van der Waals surface area contributed by atoms with Gasteiger partial charge in [-0.2, -0.15) is 0 Å². The largest absolute Gasteiger partial charge is 0.495 e. The van der Waals surface area contributed by atoms with Crippen LogP contribution in [0, 0.1) is 0 Å². The van der Waals surface area contributed by atoms with Crippen molar-refractivity contribution in [3.8, 4) is 5.75 Å². The summed E-state index contributed by atoms with van der Waals surface area (Å²) < 4.78 is 32.0. The quantitative estimate of drug-likeness (QED) is 0.850. The average Bonchev–Trinajstić information content (AvgIpc) is 2.34. The number of ether oxygens (including phenoxy) is 2. The molecule has 1 aromatic rings. The molecule has 18 heavy (non-hydrogen) atoms. The highest BCUT2D eigenvalue weighted by atomic mass is 35.7. The number of amides is 1. The molecule has 100 valence electrons. The van der Waals surface area contributed by atoms with Gasteiger partial charge in [0.05, 0.1) is 14.2 Å². The number of nitrogens with one attached hydrogen (secondary N) is 1. The summed E-state index contributed by atoms with van der Waals surface area (Å²) in [6.07, 6.45) is -0.610. The first kappa shape index (κ1) is 14.6. The minimum atomic E-state index is -3.91. The number of carbonyl (C=O) groups excluding carboxylic acids is 1. The molecule has 0 fully saturated rings. The van der Waals surface area contributed by atoms with E-state index in [4.69, 9.17) is 15.4 Å². The van der Waals surface area contributed by atoms with Crippen LogP contribution >= 0.6 is 10.7 Å². The molecule has 1 rings (SSSR count). The van der Waals surface area contributed by atoms with Crippen LogP contribution in [0.2, 0.25) is 0 Å². The van der Waals surface area contributed by atoms with Gasteiger partial charge in [0, 0.05) is 17.2 Å². The van der Waals surface area contributed by atoms with Crippen molar-refractivity contribution in [3.63, 3.8) is 0 Å². The van der Waals surface area contributed by atoms with Crippen molar-refractivity contribution in [1.82, 2.24) is 5.32 Å². The average molecular weight is 294 g/mol. The fourth-order valence-electron chi connectivity index (χ4n) is 1.27. The molecule has 0 saturated carbocycles. The van der Waals surface area contributed by atoms with Crippen LogP contribution in [0.1, 0.15) is 5.56 Å². The van der Waals surface area contributed by atoms with Gasteiger partial charge in [-0.15, -0.1) is 0 Å². The van der Waals surface area contributed by atoms with E-state index in [2.05, 4.69) is 10.1 Å². The number of hydrogen-bond donors (Lipinski definition) is 1. The van der Waals surface area contributed by atoms with Crippen molar-refractivity contribution < 1.29 is 22.7 Å². The molecule has 8 heteroatoms. The van der Waals surface area contributed by atoms with E-state index in [0.717, 1.165) is 0 Å². The monoisotopic (exact) mass is 293 g/mol. The van der Waals surface area contributed by atoms with Crippen molar-refractivity contribution in [2.75, 3.05) is 14.2 Å². The van der Waals surface area contributed by atoms with Crippen LogP contribution in [0.4, 0.5) is 4.79 Å². The third-order valence-corrected chi connectivity index (χ3v) is 3.46. The van der Waals surface area contributed by atoms with Crippen LogP contribution in [0.15, 0.2) is 23.1 Å². The Hall–Kier alpha value is -1.47. The summed E-state index contributed by atoms with van der Waals surface area (Å²) in [5.41, 5.74) is 0.556. The van der Waals surface area contributed by atoms with E-state index in [1.807, 2.05) is 0 Å². The molecule has 0 heterocycles. The molecule has 0 saturated heterocycles. The van der Waals surface area contributed by atoms with Gasteiger partial charge < -0.3 is 14.8 Å². The summed E-state index contributed by atoms with van der Waals surface area (Å²) in [7, 11) is 3.95. The smallest absolute Gasteiger partial charge is 0.407 e. The Morgan fingerprint density at radius 2 is 2.06 bits per heavy atom. The molecule has 0 spiro atoms. The Labute approximate surface area is 109 Å². The first-order valence-electron chi connectivity index (χ1n) is 4.82. The molecule has 0 atom stereocenters. The number of rotatable bonds is 4. The molecule has 1 N–H and O–H groups in total. The van der Waals surface area contributed by atoms with Crippen LogP contribution in [0.25, 0.3) is 0 Å². The molecule has 0 unspecified atom stereocenters. The third-order valence-electron chi connectivity index (χ3n) is 2.11. The van der Waals surface area contributed by atoms with Crippen LogP contribution in [-0.2, 0) is 20.3 Å². The van der Waals surface area contributed by atoms with Crippen LogP contribution in [-0.4, -0.2) is 28.7 Å². The molecule has 1 amide bonds. The summed E-state index contributed by atoms with van der Waals surface area (Å²) in [4.78, 5) is 10.7. The predicted molar refractivity (Wildman–Crippen MR) is 65.3 cm³/mol. The molecule has 0 aromatic heterocycles. The van der Waals surface area contributed by atoms with E-state index in [1.54, 1.807) is 6.07 Å². The second-order valence-electron chi connectivity index (χ2n) is 3.27. The lowest BCUT2D eigenvalue weighted by Gasteiger charge is -2.09. The van der Waals surface area contributed by atoms with E-state index in [1.165, 1.54) is 26.4 Å². The van der Waals surface area contributed by atoms with Gasteiger partial charge in [0.15, 0.2) is 0 Å². The highest BCUT2D eigenvalue weighted by molar-refractivity contribution is 8.13. The number of hydrogen-bond acceptors (Lipinski definition) is 5. The highest BCUT2D eigenvalue weighted by Crippen LogP contribution is 2.27. The molecule has 6 nitrogen and oxygen atoms in total. The van der Waals surface area contributed by atoms with Crippen LogP contribution in [0.3, 0.4) is 0 Å². The van der Waals surface area contributed by atoms with Crippen molar-refractivity contribution >= 4 is 25.8 Å². The molecular weight excluding hydrogens is 282 g/mol. The van der Waals surface area contributed by atoms with E-state index in [0.29, 0.717) is 5.56 Å². The Kier molecular flexibility index (Phi) is 4.80. The molecule has 1 aromatic carbocycles. The standard InChI is InChI=1S/C10H12ClNO5S/c1-16-8-4-3-7(6-12-10(13)17-2)5-9(8)18(11,14)15/h3-5H,6H2,1-2H3,(H,12,13). The van der Waals surface area contributed by atoms with E-state index in [-0.39, 0.29) is 17.2 Å². The lowest BCUT2D eigenvalue weighted by molar-refractivity contribution is 0.170. The zero-order valence-corrected chi connectivity index (χ0v) is 11.3. The van der Waals surface area contributed by atoms with Crippen molar-refractivity contribution in [1.29, 1.82) is 0 Å². The Balaban J connectivity index is 3.00. The molecular formula is C10H12ClNO5S. The first-order valence-corrected chi connectivity index (χ1v) is 7.13. The maximum Gasteiger partial charge on any atom is 0.407 e. The van der Waals surface area contributed by atoms with Gasteiger partial charge in [0.2, 0.25) is 0 Å². The highest BCUT2D eigenvalue weighted by Gasteiger charge is 2.17. The number of benzene rings is 1. The zero-order valence-electron chi connectivity index (χ0n) is 9.77. The normalized spacial score (nSPS) is 10.8. The maximum absolute atomic E-state index is 11.3. The topological polar surface area (TPSA) is 81.7 Å². The summed E-state index contributed by atoms with van der Waals surface area (Å²) >= 11 is 0. The van der Waals surface area contributed by atoms with Crippen LogP contribution < -0.4 is 10.1 Å². The minimum Gasteiger partial charge on any atom is -0.495 e. The first-order chi connectivity index (χ1) is 8.38. The van der Waals surface area contributed by atoms with Gasteiger partial charge >= 0.3 is 6.09 Å². The SMILES string of the molecule is COC(=O)NCc1ccc(OC)c(S(=O)(=O)Cl)c1. The molecule has 0 bridgehead atoms. The Bertz CT molecular complexity index is 543. The number of halogens is 1. The Morgan fingerprint density at radius 3 is 2.56 bits per heavy atom. The number of alkyl carbamates (subject to hydrolysis) is 1. The van der Waals surface area contributed by atoms with Gasteiger partial charge in [-0.25, -0.2) is 13.2 Å². The van der Waals surface area contributed by atoms with Crippen molar-refractivity contribution in [2.24, 2.45) is 0 Å². The molecule has 0 aliphatic rings. The lowest BCUT2D eigenvalue weighted by Crippen LogP contribution is -2.22.